The Labute approximate surface area is 159 Å². The average Bonchev–Trinajstić information content (AvgIpc) is 3.05. The maximum Gasteiger partial charge on any atom is 0.310 e. The van der Waals surface area contributed by atoms with Gasteiger partial charge in [0.1, 0.15) is 0 Å². The fraction of sp³-hybridized carbons (Fsp3) is 0.900. The third kappa shape index (κ3) is 6.45. The fourth-order valence-corrected chi connectivity index (χ4v) is 4.02. The van der Waals surface area contributed by atoms with E-state index in [-0.39, 0.29) is 11.9 Å². The molecule has 0 aliphatic carbocycles. The van der Waals surface area contributed by atoms with E-state index in [0.717, 1.165) is 32.0 Å². The molecule has 6 heteroatoms. The number of likely N-dealkylation sites (tertiary alicyclic amines) is 2. The number of ether oxygens (including phenoxy) is 1. The van der Waals surface area contributed by atoms with Gasteiger partial charge in [-0.3, -0.25) is 9.79 Å². The number of methoxy groups -OCH3 is 1. The highest BCUT2D eigenvalue weighted by molar-refractivity contribution is 5.82. The van der Waals surface area contributed by atoms with E-state index in [1.54, 1.807) is 0 Å². The van der Waals surface area contributed by atoms with Gasteiger partial charge in [-0.1, -0.05) is 19.8 Å². The summed E-state index contributed by atoms with van der Waals surface area (Å²) in [5, 5.41) is 3.38. The molecule has 0 radical (unpaired) electrons. The topological polar surface area (TPSA) is 57.2 Å². The van der Waals surface area contributed by atoms with Gasteiger partial charge in [-0.2, -0.15) is 0 Å². The van der Waals surface area contributed by atoms with E-state index in [1.807, 2.05) is 0 Å². The first-order valence-electron chi connectivity index (χ1n) is 10.5. The molecule has 2 fully saturated rings. The largest absolute Gasteiger partial charge is 0.469 e. The maximum absolute atomic E-state index is 11.9. The van der Waals surface area contributed by atoms with Crippen molar-refractivity contribution in [2.24, 2.45) is 16.8 Å². The summed E-state index contributed by atoms with van der Waals surface area (Å²) in [4.78, 5) is 21.5. The van der Waals surface area contributed by atoms with Gasteiger partial charge in [-0.05, 0) is 58.2 Å². The average molecular weight is 367 g/mol. The number of rotatable bonds is 8. The Morgan fingerprint density at radius 3 is 2.62 bits per heavy atom. The molecule has 1 N–H and O–H groups in total. The van der Waals surface area contributed by atoms with Crippen LogP contribution in [-0.4, -0.2) is 74.7 Å². The smallest absolute Gasteiger partial charge is 0.310 e. The highest BCUT2D eigenvalue weighted by Crippen LogP contribution is 2.24. The third-order valence-electron chi connectivity index (χ3n) is 5.59. The molecule has 26 heavy (non-hydrogen) atoms. The zero-order valence-electron chi connectivity index (χ0n) is 17.0. The van der Waals surface area contributed by atoms with Crippen molar-refractivity contribution in [3.05, 3.63) is 0 Å². The first kappa shape index (κ1) is 21.0. The minimum atomic E-state index is -0.103. The lowest BCUT2D eigenvalue weighted by Gasteiger charge is -2.26. The molecule has 0 aromatic rings. The van der Waals surface area contributed by atoms with Crippen LogP contribution < -0.4 is 5.32 Å². The van der Waals surface area contributed by atoms with Crippen molar-refractivity contribution in [1.82, 2.24) is 15.1 Å². The molecule has 2 unspecified atom stereocenters. The summed E-state index contributed by atoms with van der Waals surface area (Å²) in [6.45, 7) is 11.3. The number of esters is 1. The summed E-state index contributed by atoms with van der Waals surface area (Å²) in [7, 11) is 1.47. The van der Waals surface area contributed by atoms with Crippen molar-refractivity contribution in [3.8, 4) is 0 Å². The van der Waals surface area contributed by atoms with Crippen molar-refractivity contribution in [2.75, 3.05) is 52.9 Å². The Morgan fingerprint density at radius 1 is 1.15 bits per heavy atom. The molecule has 6 nitrogen and oxygen atoms in total. The Kier molecular flexibility index (Phi) is 9.23. The maximum atomic E-state index is 11.9. The molecule has 0 saturated carbocycles. The highest BCUT2D eigenvalue weighted by Gasteiger charge is 2.36. The van der Waals surface area contributed by atoms with Crippen LogP contribution in [0.1, 0.15) is 52.4 Å². The number of carbonyl (C=O) groups excluding carboxylic acids is 1. The Balaban J connectivity index is 1.71. The molecule has 2 aliphatic rings. The van der Waals surface area contributed by atoms with Crippen LogP contribution >= 0.6 is 0 Å². The highest BCUT2D eigenvalue weighted by atomic mass is 16.5. The van der Waals surface area contributed by atoms with Crippen molar-refractivity contribution >= 4 is 11.9 Å². The number of hydrogen-bond acceptors (Lipinski definition) is 4. The molecule has 0 aromatic carbocycles. The quantitative estimate of drug-likeness (QED) is 0.309. The second-order valence-corrected chi connectivity index (χ2v) is 7.71. The zero-order valence-corrected chi connectivity index (χ0v) is 17.0. The van der Waals surface area contributed by atoms with Crippen LogP contribution in [0.15, 0.2) is 4.99 Å². The van der Waals surface area contributed by atoms with E-state index in [2.05, 4.69) is 29.0 Å². The summed E-state index contributed by atoms with van der Waals surface area (Å²) < 4.78 is 4.94. The van der Waals surface area contributed by atoms with E-state index in [9.17, 15) is 4.79 Å². The predicted molar refractivity (Wildman–Crippen MR) is 106 cm³/mol. The molecule has 0 aromatic heterocycles. The summed E-state index contributed by atoms with van der Waals surface area (Å²) in [5.41, 5.74) is 0. The van der Waals surface area contributed by atoms with Crippen LogP contribution in [0, 0.1) is 11.8 Å². The normalized spacial score (nSPS) is 24.7. The van der Waals surface area contributed by atoms with Gasteiger partial charge >= 0.3 is 5.97 Å². The number of carbonyl (C=O) groups is 1. The molecular formula is C20H38N4O2. The Bertz CT molecular complexity index is 449. The molecule has 0 bridgehead atoms. The number of unbranched alkanes of at least 4 members (excludes halogenated alkanes) is 2. The summed E-state index contributed by atoms with van der Waals surface area (Å²) >= 11 is 0. The second-order valence-electron chi connectivity index (χ2n) is 7.71. The van der Waals surface area contributed by atoms with E-state index in [0.29, 0.717) is 12.5 Å². The second kappa shape index (κ2) is 11.4. The first-order valence-corrected chi connectivity index (χ1v) is 10.5. The van der Waals surface area contributed by atoms with E-state index in [4.69, 9.17) is 9.73 Å². The van der Waals surface area contributed by atoms with E-state index >= 15 is 0 Å². The van der Waals surface area contributed by atoms with Gasteiger partial charge < -0.3 is 19.9 Å². The Hall–Kier alpha value is -1.30. The predicted octanol–water partition coefficient (Wildman–Crippen LogP) is 2.35. The molecule has 2 aliphatic heterocycles. The molecule has 0 amide bonds. The molecular weight excluding hydrogens is 328 g/mol. The van der Waals surface area contributed by atoms with Crippen molar-refractivity contribution in [1.29, 1.82) is 0 Å². The van der Waals surface area contributed by atoms with Crippen LogP contribution in [0.25, 0.3) is 0 Å². The standard InChI is InChI=1S/C20H38N4O2/c1-4-21-20(24-15-17(2)18(16-24)19(25)26-3)22-11-7-5-8-12-23-13-9-6-10-14-23/h17-18H,4-16H2,1-3H3,(H,21,22). The minimum Gasteiger partial charge on any atom is -0.469 e. The third-order valence-corrected chi connectivity index (χ3v) is 5.59. The molecule has 2 rings (SSSR count). The first-order chi connectivity index (χ1) is 12.7. The lowest BCUT2D eigenvalue weighted by atomic mass is 9.99. The SMILES string of the molecule is CCNC(=NCCCCCN1CCCCC1)N1CC(C)C(C(=O)OC)C1. The van der Waals surface area contributed by atoms with Gasteiger partial charge in [-0.15, -0.1) is 0 Å². The van der Waals surface area contributed by atoms with Gasteiger partial charge in [0.05, 0.1) is 13.0 Å². The summed E-state index contributed by atoms with van der Waals surface area (Å²) in [6, 6.07) is 0. The number of hydrogen-bond donors (Lipinski definition) is 1. The molecule has 2 saturated heterocycles. The number of guanidine groups is 1. The van der Waals surface area contributed by atoms with Crippen molar-refractivity contribution in [3.63, 3.8) is 0 Å². The van der Waals surface area contributed by atoms with Crippen LogP contribution in [0.2, 0.25) is 0 Å². The number of nitrogens with zero attached hydrogens (tertiary/aromatic N) is 3. The monoisotopic (exact) mass is 366 g/mol. The zero-order chi connectivity index (χ0) is 18.8. The van der Waals surface area contributed by atoms with Crippen LogP contribution in [0.3, 0.4) is 0 Å². The van der Waals surface area contributed by atoms with Crippen molar-refractivity contribution < 1.29 is 9.53 Å². The van der Waals surface area contributed by atoms with Crippen LogP contribution in [-0.2, 0) is 9.53 Å². The molecule has 150 valence electrons. The van der Waals surface area contributed by atoms with Gasteiger partial charge in [0, 0.05) is 26.2 Å². The van der Waals surface area contributed by atoms with E-state index < -0.39 is 0 Å². The lowest BCUT2D eigenvalue weighted by Crippen LogP contribution is -2.40. The van der Waals surface area contributed by atoms with Crippen LogP contribution in [0.4, 0.5) is 0 Å². The fourth-order valence-electron chi connectivity index (χ4n) is 4.02. The Morgan fingerprint density at radius 2 is 1.92 bits per heavy atom. The summed E-state index contributed by atoms with van der Waals surface area (Å²) in [6.07, 6.45) is 7.79. The molecule has 2 heterocycles. The van der Waals surface area contributed by atoms with E-state index in [1.165, 1.54) is 58.8 Å². The van der Waals surface area contributed by atoms with Gasteiger partial charge in [0.15, 0.2) is 5.96 Å². The number of piperidine rings is 1. The van der Waals surface area contributed by atoms with Gasteiger partial charge in [-0.25, -0.2) is 0 Å². The van der Waals surface area contributed by atoms with Crippen molar-refractivity contribution in [2.45, 2.75) is 52.4 Å². The van der Waals surface area contributed by atoms with Gasteiger partial charge in [0.2, 0.25) is 0 Å². The number of aliphatic imine (C=N–C) groups is 1. The van der Waals surface area contributed by atoms with Gasteiger partial charge in [0.25, 0.3) is 0 Å². The minimum absolute atomic E-state index is 0.0478. The molecule has 0 spiro atoms. The van der Waals surface area contributed by atoms with Crippen LogP contribution in [0.5, 0.6) is 0 Å². The molecule has 2 atom stereocenters. The lowest BCUT2D eigenvalue weighted by molar-refractivity contribution is -0.145. The summed E-state index contributed by atoms with van der Waals surface area (Å²) in [5.74, 6) is 1.10. The number of nitrogens with one attached hydrogen (secondary N) is 1.